The van der Waals surface area contributed by atoms with Gasteiger partial charge in [-0.15, -0.1) is 0 Å². The van der Waals surface area contributed by atoms with E-state index in [-0.39, 0.29) is 16.6 Å². The van der Waals surface area contributed by atoms with Crippen molar-refractivity contribution in [3.05, 3.63) is 101 Å². The Bertz CT molecular complexity index is 1210. The summed E-state index contributed by atoms with van der Waals surface area (Å²) in [4.78, 5) is 12.1. The molecule has 0 aliphatic rings. The minimum absolute atomic E-state index is 0.0913. The Morgan fingerprint density at radius 3 is 2.25 bits per heavy atom. The lowest BCUT2D eigenvalue weighted by Gasteiger charge is -2.10. The molecule has 164 valence electrons. The molecule has 1 amide bonds. The van der Waals surface area contributed by atoms with Gasteiger partial charge in [0, 0.05) is 23.3 Å². The van der Waals surface area contributed by atoms with Gasteiger partial charge < -0.3 is 5.32 Å². The number of nitrogens with one attached hydrogen (secondary N) is 3. The normalized spacial score (nSPS) is 11.3. The molecule has 32 heavy (non-hydrogen) atoms. The van der Waals surface area contributed by atoms with Crippen LogP contribution in [0.1, 0.15) is 11.1 Å². The number of benzene rings is 3. The number of amides is 1. The fourth-order valence-electron chi connectivity index (χ4n) is 2.64. The van der Waals surface area contributed by atoms with Crippen molar-refractivity contribution in [3.63, 3.8) is 0 Å². The van der Waals surface area contributed by atoms with E-state index in [0.29, 0.717) is 10.7 Å². The van der Waals surface area contributed by atoms with Gasteiger partial charge in [-0.3, -0.25) is 10.1 Å². The lowest BCUT2D eigenvalue weighted by molar-refractivity contribution is -0.115. The number of hydrogen-bond acceptors (Lipinski definition) is 4. The number of carbonyl (C=O) groups excluding carboxylic acids is 1. The molecule has 3 N–H and O–H groups in total. The highest BCUT2D eigenvalue weighted by atomic mass is 35.5. The van der Waals surface area contributed by atoms with Gasteiger partial charge in [-0.25, -0.2) is 13.1 Å². The largest absolute Gasteiger partial charge is 0.332 e. The third-order valence-electron chi connectivity index (χ3n) is 4.27. The Morgan fingerprint density at radius 1 is 0.938 bits per heavy atom. The first-order valence-corrected chi connectivity index (χ1v) is 11.8. The zero-order valence-corrected chi connectivity index (χ0v) is 19.2. The predicted molar refractivity (Wildman–Crippen MR) is 132 cm³/mol. The smallest absolute Gasteiger partial charge is 0.250 e. The fourth-order valence-corrected chi connectivity index (χ4v) is 4.00. The number of sulfonamides is 1. The summed E-state index contributed by atoms with van der Waals surface area (Å²) in [7, 11) is -3.66. The Morgan fingerprint density at radius 2 is 1.59 bits per heavy atom. The summed E-state index contributed by atoms with van der Waals surface area (Å²) in [5.41, 5.74) is 2.22. The Hall–Kier alpha value is -3.04. The number of carbonyl (C=O) groups is 1. The van der Waals surface area contributed by atoms with Crippen LogP contribution in [0.2, 0.25) is 5.02 Å². The van der Waals surface area contributed by atoms with Gasteiger partial charge in [0.25, 0.3) is 0 Å². The first kappa shape index (κ1) is 23.6. The zero-order chi connectivity index (χ0) is 23.0. The number of thiocarbonyl (C=S) groups is 1. The Labute approximate surface area is 197 Å². The second-order valence-electron chi connectivity index (χ2n) is 6.66. The number of anilines is 1. The van der Waals surface area contributed by atoms with E-state index >= 15 is 0 Å². The van der Waals surface area contributed by atoms with Crippen LogP contribution in [0.4, 0.5) is 5.69 Å². The summed E-state index contributed by atoms with van der Waals surface area (Å²) in [6, 6.07) is 22.3. The van der Waals surface area contributed by atoms with Crippen LogP contribution in [0.15, 0.2) is 89.8 Å². The fraction of sp³-hybridized carbons (Fsp3) is 0.0435. The molecule has 3 aromatic carbocycles. The third-order valence-corrected chi connectivity index (χ3v) is 6.14. The minimum Gasteiger partial charge on any atom is -0.332 e. The average Bonchev–Trinajstić information content (AvgIpc) is 2.78. The monoisotopic (exact) mass is 485 g/mol. The highest BCUT2D eigenvalue weighted by Crippen LogP contribution is 2.15. The van der Waals surface area contributed by atoms with E-state index in [1.807, 2.05) is 30.3 Å². The van der Waals surface area contributed by atoms with Crippen LogP contribution in [0.3, 0.4) is 0 Å². The molecule has 0 bridgehead atoms. The van der Waals surface area contributed by atoms with Crippen molar-refractivity contribution >= 4 is 56.6 Å². The molecule has 0 unspecified atom stereocenters. The van der Waals surface area contributed by atoms with Gasteiger partial charge in [0.2, 0.25) is 15.9 Å². The topological polar surface area (TPSA) is 87.3 Å². The summed E-state index contributed by atoms with van der Waals surface area (Å²) in [6.45, 7) is 0.197. The van der Waals surface area contributed by atoms with E-state index in [1.165, 1.54) is 18.2 Å². The first-order valence-electron chi connectivity index (χ1n) is 9.51. The molecule has 0 atom stereocenters. The number of rotatable bonds is 7. The maximum atomic E-state index is 12.5. The molecular formula is C23H20ClN3O3S2. The van der Waals surface area contributed by atoms with Crippen LogP contribution >= 0.6 is 23.8 Å². The van der Waals surface area contributed by atoms with Crippen molar-refractivity contribution in [1.29, 1.82) is 0 Å². The van der Waals surface area contributed by atoms with Crippen molar-refractivity contribution in [3.8, 4) is 0 Å². The molecule has 0 saturated carbocycles. The van der Waals surface area contributed by atoms with Gasteiger partial charge in [-0.1, -0.05) is 54.1 Å². The lowest BCUT2D eigenvalue weighted by atomic mass is 10.2. The molecule has 0 saturated heterocycles. The van der Waals surface area contributed by atoms with Gasteiger partial charge >= 0.3 is 0 Å². The van der Waals surface area contributed by atoms with E-state index in [4.69, 9.17) is 23.8 Å². The van der Waals surface area contributed by atoms with Crippen molar-refractivity contribution < 1.29 is 13.2 Å². The first-order chi connectivity index (χ1) is 15.3. The second-order valence-corrected chi connectivity index (χ2v) is 9.27. The summed E-state index contributed by atoms with van der Waals surface area (Å²) in [5, 5.41) is 6.08. The SMILES string of the molecule is O=C(/C=C/c1ccc(Cl)cc1)NC(=S)Nc1ccc(S(=O)(=O)NCc2ccccc2)cc1. The highest BCUT2D eigenvalue weighted by Gasteiger charge is 2.13. The predicted octanol–water partition coefficient (Wildman–Crippen LogP) is 4.34. The van der Waals surface area contributed by atoms with Gasteiger partial charge in [0.05, 0.1) is 4.90 Å². The molecule has 0 fully saturated rings. The zero-order valence-electron chi connectivity index (χ0n) is 16.8. The van der Waals surface area contributed by atoms with E-state index in [1.54, 1.807) is 42.5 Å². The van der Waals surface area contributed by atoms with Gasteiger partial charge in [-0.05, 0) is 65.8 Å². The quantitative estimate of drug-likeness (QED) is 0.342. The molecule has 9 heteroatoms. The van der Waals surface area contributed by atoms with E-state index in [9.17, 15) is 13.2 Å². The maximum absolute atomic E-state index is 12.5. The molecule has 0 aliphatic heterocycles. The summed E-state index contributed by atoms with van der Waals surface area (Å²) >= 11 is 11.0. The lowest BCUT2D eigenvalue weighted by Crippen LogP contribution is -2.32. The molecule has 3 aromatic rings. The van der Waals surface area contributed by atoms with Crippen LogP contribution < -0.4 is 15.4 Å². The van der Waals surface area contributed by atoms with Crippen LogP contribution in [0, 0.1) is 0 Å². The van der Waals surface area contributed by atoms with Crippen molar-refractivity contribution in [2.45, 2.75) is 11.4 Å². The van der Waals surface area contributed by atoms with Gasteiger partial charge in [0.15, 0.2) is 5.11 Å². The van der Waals surface area contributed by atoms with Crippen molar-refractivity contribution in [1.82, 2.24) is 10.0 Å². The molecule has 0 aromatic heterocycles. The maximum Gasteiger partial charge on any atom is 0.250 e. The Kier molecular flexibility index (Phi) is 8.13. The van der Waals surface area contributed by atoms with Crippen LogP contribution in [0.5, 0.6) is 0 Å². The number of hydrogen-bond donors (Lipinski definition) is 3. The van der Waals surface area contributed by atoms with Gasteiger partial charge in [-0.2, -0.15) is 0 Å². The molecule has 0 spiro atoms. The van der Waals surface area contributed by atoms with Crippen molar-refractivity contribution in [2.24, 2.45) is 0 Å². The minimum atomic E-state index is -3.66. The highest BCUT2D eigenvalue weighted by molar-refractivity contribution is 7.89. The molecular weight excluding hydrogens is 466 g/mol. The van der Waals surface area contributed by atoms with Crippen LogP contribution in [-0.4, -0.2) is 19.4 Å². The standard InChI is InChI=1S/C23H20ClN3O3S2/c24-19-9-6-17(7-10-19)8-15-22(28)27-23(31)26-20-11-13-21(14-12-20)32(29,30)25-16-18-4-2-1-3-5-18/h1-15,25H,16H2,(H2,26,27,28,31)/b15-8+. The summed E-state index contributed by atoms with van der Waals surface area (Å²) in [6.07, 6.45) is 2.99. The van der Waals surface area contributed by atoms with Crippen molar-refractivity contribution in [2.75, 3.05) is 5.32 Å². The van der Waals surface area contributed by atoms with E-state index < -0.39 is 15.9 Å². The third kappa shape index (κ3) is 7.28. The molecule has 6 nitrogen and oxygen atoms in total. The van der Waals surface area contributed by atoms with E-state index in [0.717, 1.165) is 11.1 Å². The second kappa shape index (κ2) is 11.0. The summed E-state index contributed by atoms with van der Waals surface area (Å²) in [5.74, 6) is -0.401. The number of halogens is 1. The van der Waals surface area contributed by atoms with Crippen LogP contribution in [0.25, 0.3) is 6.08 Å². The molecule has 0 aliphatic carbocycles. The average molecular weight is 486 g/mol. The van der Waals surface area contributed by atoms with Gasteiger partial charge in [0.1, 0.15) is 0 Å². The van der Waals surface area contributed by atoms with Crippen LogP contribution in [-0.2, 0) is 21.4 Å². The molecule has 0 radical (unpaired) electrons. The van der Waals surface area contributed by atoms with E-state index in [2.05, 4.69) is 15.4 Å². The summed E-state index contributed by atoms with van der Waals surface area (Å²) < 4.78 is 27.5. The Balaban J connectivity index is 1.52. The molecule has 3 rings (SSSR count). The molecule has 0 heterocycles.